The molecule has 1 atom stereocenters. The van der Waals surface area contributed by atoms with Crippen LogP contribution in [0.4, 0.5) is 0 Å². The smallest absolute Gasteiger partial charge is 0.350 e. The number of aliphatic carboxylic acids is 1. The van der Waals surface area contributed by atoms with Gasteiger partial charge in [0.2, 0.25) is 5.91 Å². The highest BCUT2D eigenvalue weighted by atomic mass is 16.4. The minimum atomic E-state index is -1.11. The van der Waals surface area contributed by atoms with Crippen molar-refractivity contribution in [3.8, 4) is 0 Å². The molecule has 0 saturated heterocycles. The van der Waals surface area contributed by atoms with Gasteiger partial charge in [0.1, 0.15) is 12.6 Å². The molecule has 1 amide bonds. The van der Waals surface area contributed by atoms with Gasteiger partial charge in [0.25, 0.3) is 0 Å². The van der Waals surface area contributed by atoms with Crippen molar-refractivity contribution in [2.45, 2.75) is 26.4 Å². The van der Waals surface area contributed by atoms with Gasteiger partial charge in [-0.3, -0.25) is 9.20 Å². The Morgan fingerprint density at radius 1 is 1.38 bits per heavy atom. The zero-order valence-corrected chi connectivity index (χ0v) is 11.7. The number of hydrogen-bond acceptors (Lipinski definition) is 4. The topological polar surface area (TPSA) is 106 Å². The van der Waals surface area contributed by atoms with E-state index in [0.29, 0.717) is 5.65 Å². The van der Waals surface area contributed by atoms with Crippen molar-refractivity contribution in [2.24, 2.45) is 5.92 Å². The van der Waals surface area contributed by atoms with E-state index in [4.69, 9.17) is 5.11 Å². The fourth-order valence-electron chi connectivity index (χ4n) is 1.94. The number of pyridine rings is 1. The van der Waals surface area contributed by atoms with Crippen LogP contribution in [0.3, 0.4) is 0 Å². The number of aromatic nitrogens is 3. The summed E-state index contributed by atoms with van der Waals surface area (Å²) >= 11 is 0. The number of carboxylic acid groups (broad SMARTS) is 1. The zero-order valence-electron chi connectivity index (χ0n) is 11.7. The molecule has 21 heavy (non-hydrogen) atoms. The van der Waals surface area contributed by atoms with Gasteiger partial charge < -0.3 is 10.4 Å². The molecular formula is C13H16N4O4. The van der Waals surface area contributed by atoms with E-state index in [2.05, 4.69) is 10.4 Å². The van der Waals surface area contributed by atoms with Crippen LogP contribution in [0.2, 0.25) is 0 Å². The fourth-order valence-corrected chi connectivity index (χ4v) is 1.94. The van der Waals surface area contributed by atoms with Gasteiger partial charge in [-0.05, 0) is 18.1 Å². The molecule has 8 heteroatoms. The van der Waals surface area contributed by atoms with Crippen molar-refractivity contribution in [1.82, 2.24) is 19.5 Å². The average molecular weight is 292 g/mol. The van der Waals surface area contributed by atoms with E-state index in [0.717, 1.165) is 4.68 Å². The van der Waals surface area contributed by atoms with Crippen LogP contribution >= 0.6 is 0 Å². The molecule has 0 aliphatic carbocycles. The summed E-state index contributed by atoms with van der Waals surface area (Å²) in [6.45, 7) is 3.06. The monoisotopic (exact) mass is 292 g/mol. The molecule has 2 aromatic heterocycles. The Morgan fingerprint density at radius 2 is 2.10 bits per heavy atom. The summed E-state index contributed by atoms with van der Waals surface area (Å²) in [5.74, 6) is -1.94. The van der Waals surface area contributed by atoms with E-state index in [9.17, 15) is 14.4 Å². The summed E-state index contributed by atoms with van der Waals surface area (Å²) < 4.78 is 2.31. The first-order chi connectivity index (χ1) is 9.90. The molecule has 0 unspecified atom stereocenters. The molecule has 112 valence electrons. The van der Waals surface area contributed by atoms with Gasteiger partial charge in [-0.25, -0.2) is 14.3 Å². The Morgan fingerprint density at radius 3 is 2.67 bits per heavy atom. The van der Waals surface area contributed by atoms with Crippen molar-refractivity contribution < 1.29 is 14.7 Å². The number of hydrogen-bond donors (Lipinski definition) is 2. The van der Waals surface area contributed by atoms with Gasteiger partial charge in [-0.2, -0.15) is 0 Å². The van der Waals surface area contributed by atoms with Crippen LogP contribution in [-0.4, -0.2) is 37.2 Å². The van der Waals surface area contributed by atoms with E-state index in [1.807, 2.05) is 0 Å². The molecule has 2 rings (SSSR count). The maximum atomic E-state index is 12.0. The first-order valence-electron chi connectivity index (χ1n) is 6.46. The predicted octanol–water partition coefficient (Wildman–Crippen LogP) is -0.279. The lowest BCUT2D eigenvalue weighted by Gasteiger charge is -2.17. The lowest BCUT2D eigenvalue weighted by atomic mass is 10.1. The van der Waals surface area contributed by atoms with Crippen molar-refractivity contribution in [1.29, 1.82) is 0 Å². The Kier molecular flexibility index (Phi) is 4.06. The largest absolute Gasteiger partial charge is 0.480 e. The summed E-state index contributed by atoms with van der Waals surface area (Å²) in [5, 5.41) is 15.4. The quantitative estimate of drug-likeness (QED) is 0.788. The highest BCUT2D eigenvalue weighted by Crippen LogP contribution is 2.02. The van der Waals surface area contributed by atoms with Gasteiger partial charge in [0, 0.05) is 6.20 Å². The molecule has 0 aliphatic heterocycles. The normalized spacial score (nSPS) is 12.5. The highest BCUT2D eigenvalue weighted by molar-refractivity contribution is 5.83. The van der Waals surface area contributed by atoms with E-state index in [-0.39, 0.29) is 12.5 Å². The number of carboxylic acids is 1. The number of amides is 1. The van der Waals surface area contributed by atoms with Crippen LogP contribution in [0, 0.1) is 5.92 Å². The lowest BCUT2D eigenvalue weighted by Crippen LogP contribution is -2.46. The van der Waals surface area contributed by atoms with Crippen LogP contribution < -0.4 is 11.0 Å². The van der Waals surface area contributed by atoms with E-state index in [1.54, 1.807) is 38.2 Å². The Hall–Kier alpha value is -2.64. The Labute approximate surface area is 120 Å². The highest BCUT2D eigenvalue weighted by Gasteiger charge is 2.23. The number of nitrogens with zero attached hydrogens (tertiary/aromatic N) is 3. The second kappa shape index (κ2) is 5.78. The molecule has 0 radical (unpaired) electrons. The molecule has 0 aromatic carbocycles. The van der Waals surface area contributed by atoms with Crippen molar-refractivity contribution in [3.05, 3.63) is 34.9 Å². The minimum absolute atomic E-state index is 0.260. The van der Waals surface area contributed by atoms with Crippen LogP contribution in [0.15, 0.2) is 29.2 Å². The van der Waals surface area contributed by atoms with E-state index < -0.39 is 23.6 Å². The van der Waals surface area contributed by atoms with Gasteiger partial charge in [-0.1, -0.05) is 19.9 Å². The SMILES string of the molecule is CC(C)[C@H](NC(=O)Cn1nc2ccccn2c1=O)C(=O)O. The standard InChI is InChI=1S/C13H16N4O4/c1-8(2)11(12(19)20)14-10(18)7-17-13(21)16-6-4-3-5-9(16)15-17/h3-6,8,11H,7H2,1-2H3,(H,14,18)(H,19,20)/t11-/m0/s1. The summed E-state index contributed by atoms with van der Waals surface area (Å²) in [4.78, 5) is 34.9. The molecule has 0 fully saturated rings. The summed E-state index contributed by atoms with van der Waals surface area (Å²) in [7, 11) is 0. The van der Waals surface area contributed by atoms with Gasteiger partial charge in [0.05, 0.1) is 0 Å². The average Bonchev–Trinajstić information content (AvgIpc) is 2.73. The van der Waals surface area contributed by atoms with Gasteiger partial charge in [-0.15, -0.1) is 5.10 Å². The van der Waals surface area contributed by atoms with Crippen LogP contribution in [0.1, 0.15) is 13.8 Å². The Bertz CT molecular complexity index is 731. The third kappa shape index (κ3) is 3.10. The molecule has 2 heterocycles. The molecule has 0 aliphatic rings. The van der Waals surface area contributed by atoms with Crippen molar-refractivity contribution >= 4 is 17.5 Å². The number of fused-ring (bicyclic) bond motifs is 1. The molecule has 2 aromatic rings. The van der Waals surface area contributed by atoms with Crippen LogP contribution in [-0.2, 0) is 16.1 Å². The Balaban J connectivity index is 2.16. The third-order valence-electron chi connectivity index (χ3n) is 3.03. The maximum absolute atomic E-state index is 12.0. The van der Waals surface area contributed by atoms with Gasteiger partial charge >= 0.3 is 11.7 Å². The number of nitrogens with one attached hydrogen (secondary N) is 1. The number of carbonyl (C=O) groups is 2. The van der Waals surface area contributed by atoms with Crippen LogP contribution in [0.25, 0.3) is 5.65 Å². The summed E-state index contributed by atoms with van der Waals surface area (Å²) in [6, 6.07) is 4.06. The summed E-state index contributed by atoms with van der Waals surface area (Å²) in [5.41, 5.74) is -0.0221. The van der Waals surface area contributed by atoms with Crippen molar-refractivity contribution in [2.75, 3.05) is 0 Å². The zero-order chi connectivity index (χ0) is 15.6. The number of rotatable bonds is 5. The molecule has 2 N–H and O–H groups in total. The first kappa shape index (κ1) is 14.8. The predicted molar refractivity (Wildman–Crippen MR) is 73.9 cm³/mol. The number of carbonyl (C=O) groups excluding carboxylic acids is 1. The second-order valence-corrected chi connectivity index (χ2v) is 5.00. The third-order valence-corrected chi connectivity index (χ3v) is 3.03. The molecule has 0 saturated carbocycles. The fraction of sp³-hybridized carbons (Fsp3) is 0.385. The molecule has 8 nitrogen and oxygen atoms in total. The minimum Gasteiger partial charge on any atom is -0.480 e. The van der Waals surface area contributed by atoms with Crippen molar-refractivity contribution in [3.63, 3.8) is 0 Å². The van der Waals surface area contributed by atoms with E-state index >= 15 is 0 Å². The lowest BCUT2D eigenvalue weighted by molar-refractivity contribution is -0.143. The summed E-state index contributed by atoms with van der Waals surface area (Å²) in [6.07, 6.45) is 1.55. The van der Waals surface area contributed by atoms with Gasteiger partial charge in [0.15, 0.2) is 5.65 Å². The molecule has 0 spiro atoms. The first-order valence-corrected chi connectivity index (χ1v) is 6.46. The molecular weight excluding hydrogens is 276 g/mol. The second-order valence-electron chi connectivity index (χ2n) is 5.00. The molecule has 0 bridgehead atoms. The van der Waals surface area contributed by atoms with E-state index in [1.165, 1.54) is 4.40 Å². The van der Waals surface area contributed by atoms with Crippen LogP contribution in [0.5, 0.6) is 0 Å². The maximum Gasteiger partial charge on any atom is 0.350 e.